The second-order valence-corrected chi connectivity index (χ2v) is 7.71. The van der Waals surface area contributed by atoms with E-state index in [4.69, 9.17) is 4.84 Å². The summed E-state index contributed by atoms with van der Waals surface area (Å²) < 4.78 is 0. The molecule has 1 saturated carbocycles. The highest BCUT2D eigenvalue weighted by Gasteiger charge is 2.38. The summed E-state index contributed by atoms with van der Waals surface area (Å²) in [5.74, 6) is 1.05. The van der Waals surface area contributed by atoms with Gasteiger partial charge in [0.2, 0.25) is 11.8 Å². The smallest absolute Gasteiger partial charge is 0.246 e. The number of hydroxylamine groups is 1. The van der Waals surface area contributed by atoms with Gasteiger partial charge in [0.1, 0.15) is 0 Å². The van der Waals surface area contributed by atoms with Crippen LogP contribution in [0.1, 0.15) is 40.5 Å². The zero-order valence-corrected chi connectivity index (χ0v) is 14.3. The van der Waals surface area contributed by atoms with E-state index >= 15 is 0 Å². The second kappa shape index (κ2) is 6.18. The molecule has 2 rings (SSSR count). The summed E-state index contributed by atoms with van der Waals surface area (Å²) in [7, 11) is 1.98. The molecule has 6 nitrogen and oxygen atoms in total. The lowest BCUT2D eigenvalue weighted by molar-refractivity contribution is -0.131. The Balaban J connectivity index is 1.94. The maximum Gasteiger partial charge on any atom is 0.246 e. The zero-order chi connectivity index (χ0) is 16.5. The van der Waals surface area contributed by atoms with Gasteiger partial charge in [-0.3, -0.25) is 15.0 Å². The first-order chi connectivity index (χ1) is 10.2. The number of carbonyl (C=O) groups excluding carboxylic acids is 1. The average molecular weight is 311 g/mol. The fourth-order valence-corrected chi connectivity index (χ4v) is 2.25. The molecule has 0 radical (unpaired) electrons. The van der Waals surface area contributed by atoms with Crippen molar-refractivity contribution in [2.75, 3.05) is 20.2 Å². The molecule has 0 spiro atoms. The van der Waals surface area contributed by atoms with Crippen LogP contribution in [0.15, 0.2) is 12.0 Å². The number of aliphatic hydroxyl groups excluding tert-OH is 1. The standard InChI is InChI=1S/C16H29N3O3/c1-15(2,10-20)12-8-13(22-18-12)17-14(21)16(3,4)19(5)9-11-6-7-11/h8,11-12,18,20H,6-7,9-10H2,1-5H3,(H,17,21). The predicted molar refractivity (Wildman–Crippen MR) is 84.5 cm³/mol. The van der Waals surface area contributed by atoms with E-state index < -0.39 is 5.54 Å². The SMILES string of the molecule is CN(CC1CC1)C(C)(C)C(=O)NC1=CC(C(C)(C)CO)NO1. The summed E-state index contributed by atoms with van der Waals surface area (Å²) in [5, 5.41) is 12.2. The minimum absolute atomic E-state index is 0.0291. The van der Waals surface area contributed by atoms with Crippen molar-refractivity contribution >= 4 is 5.91 Å². The zero-order valence-electron chi connectivity index (χ0n) is 14.3. The van der Waals surface area contributed by atoms with Crippen molar-refractivity contribution in [2.24, 2.45) is 11.3 Å². The van der Waals surface area contributed by atoms with Gasteiger partial charge in [-0.15, -0.1) is 5.48 Å². The van der Waals surface area contributed by atoms with E-state index in [1.165, 1.54) is 12.8 Å². The van der Waals surface area contributed by atoms with Crippen molar-refractivity contribution in [3.63, 3.8) is 0 Å². The highest BCUT2D eigenvalue weighted by molar-refractivity contribution is 5.86. The molecule has 1 fully saturated rings. The highest BCUT2D eigenvalue weighted by atomic mass is 16.7. The van der Waals surface area contributed by atoms with Gasteiger partial charge in [-0.25, -0.2) is 0 Å². The number of nitrogens with zero attached hydrogens (tertiary/aromatic N) is 1. The van der Waals surface area contributed by atoms with Crippen molar-refractivity contribution in [1.29, 1.82) is 0 Å². The summed E-state index contributed by atoms with van der Waals surface area (Å²) in [4.78, 5) is 20.0. The van der Waals surface area contributed by atoms with Gasteiger partial charge in [-0.05, 0) is 45.7 Å². The van der Waals surface area contributed by atoms with Crippen LogP contribution in [-0.4, -0.2) is 47.7 Å². The number of rotatable bonds is 7. The molecule has 1 atom stereocenters. The number of aliphatic hydroxyl groups is 1. The molecule has 1 aliphatic carbocycles. The molecule has 6 heteroatoms. The Kier molecular flexibility index (Phi) is 4.84. The van der Waals surface area contributed by atoms with E-state index in [9.17, 15) is 9.90 Å². The van der Waals surface area contributed by atoms with E-state index in [2.05, 4.69) is 15.7 Å². The molecule has 22 heavy (non-hydrogen) atoms. The monoisotopic (exact) mass is 311 g/mol. The van der Waals surface area contributed by atoms with Crippen molar-refractivity contribution < 1.29 is 14.7 Å². The van der Waals surface area contributed by atoms with E-state index in [-0.39, 0.29) is 24.0 Å². The van der Waals surface area contributed by atoms with E-state index in [1.807, 2.05) is 40.8 Å². The Morgan fingerprint density at radius 2 is 2.09 bits per heavy atom. The van der Waals surface area contributed by atoms with E-state index in [0.29, 0.717) is 5.88 Å². The molecule has 0 saturated heterocycles. The van der Waals surface area contributed by atoms with Crippen LogP contribution in [-0.2, 0) is 9.63 Å². The van der Waals surface area contributed by atoms with Crippen LogP contribution in [0.5, 0.6) is 0 Å². The summed E-state index contributed by atoms with van der Waals surface area (Å²) in [6.45, 7) is 8.68. The molecule has 1 aliphatic heterocycles. The molecule has 1 heterocycles. The fourth-order valence-electron chi connectivity index (χ4n) is 2.25. The Morgan fingerprint density at radius 1 is 1.45 bits per heavy atom. The molecule has 3 N–H and O–H groups in total. The molecular weight excluding hydrogens is 282 g/mol. The topological polar surface area (TPSA) is 73.8 Å². The summed E-state index contributed by atoms with van der Waals surface area (Å²) in [6.07, 6.45) is 4.33. The van der Waals surface area contributed by atoms with Gasteiger partial charge in [0, 0.05) is 12.0 Å². The van der Waals surface area contributed by atoms with Gasteiger partial charge in [0.25, 0.3) is 0 Å². The minimum atomic E-state index is -0.600. The third kappa shape index (κ3) is 3.80. The minimum Gasteiger partial charge on any atom is -0.396 e. The summed E-state index contributed by atoms with van der Waals surface area (Å²) in [5.41, 5.74) is 1.89. The van der Waals surface area contributed by atoms with E-state index in [1.54, 1.807) is 0 Å². The highest BCUT2D eigenvalue weighted by Crippen LogP contribution is 2.31. The Labute approximate surface area is 132 Å². The van der Waals surface area contributed by atoms with Gasteiger partial charge >= 0.3 is 0 Å². The fraction of sp³-hybridized carbons (Fsp3) is 0.812. The van der Waals surface area contributed by atoms with Crippen molar-refractivity contribution in [1.82, 2.24) is 15.7 Å². The summed E-state index contributed by atoms with van der Waals surface area (Å²) >= 11 is 0. The predicted octanol–water partition coefficient (Wildman–Crippen LogP) is 0.986. The van der Waals surface area contributed by atoms with Crippen molar-refractivity contribution in [3.05, 3.63) is 12.0 Å². The number of carbonyl (C=O) groups is 1. The van der Waals surface area contributed by atoms with Crippen LogP contribution in [0.3, 0.4) is 0 Å². The van der Waals surface area contributed by atoms with Gasteiger partial charge in [-0.1, -0.05) is 13.8 Å². The van der Waals surface area contributed by atoms with Crippen LogP contribution in [0.4, 0.5) is 0 Å². The Morgan fingerprint density at radius 3 is 2.64 bits per heavy atom. The molecule has 126 valence electrons. The lowest BCUT2D eigenvalue weighted by Gasteiger charge is -2.34. The lowest BCUT2D eigenvalue weighted by atomic mass is 9.86. The maximum atomic E-state index is 12.5. The average Bonchev–Trinajstić information content (AvgIpc) is 3.13. The van der Waals surface area contributed by atoms with Gasteiger partial charge in [-0.2, -0.15) is 0 Å². The van der Waals surface area contributed by atoms with Crippen LogP contribution < -0.4 is 10.8 Å². The number of likely N-dealkylation sites (N-methyl/N-ethyl adjacent to an activating group) is 1. The Hall–Kier alpha value is -1.11. The van der Waals surface area contributed by atoms with Gasteiger partial charge in [0.05, 0.1) is 18.2 Å². The second-order valence-electron chi connectivity index (χ2n) is 7.71. The molecule has 0 aromatic carbocycles. The molecular formula is C16H29N3O3. The van der Waals surface area contributed by atoms with E-state index in [0.717, 1.165) is 12.5 Å². The van der Waals surface area contributed by atoms with Gasteiger partial charge < -0.3 is 9.94 Å². The van der Waals surface area contributed by atoms with Crippen LogP contribution >= 0.6 is 0 Å². The third-order valence-corrected chi connectivity index (χ3v) is 4.84. The number of nitrogens with one attached hydrogen (secondary N) is 2. The lowest BCUT2D eigenvalue weighted by Crippen LogP contribution is -2.53. The maximum absolute atomic E-state index is 12.5. The number of hydrogen-bond acceptors (Lipinski definition) is 5. The van der Waals surface area contributed by atoms with Crippen LogP contribution in [0.2, 0.25) is 0 Å². The molecule has 0 aromatic heterocycles. The largest absolute Gasteiger partial charge is 0.396 e. The number of hydrogen-bond donors (Lipinski definition) is 3. The quantitative estimate of drug-likeness (QED) is 0.654. The van der Waals surface area contributed by atoms with Crippen LogP contribution in [0.25, 0.3) is 0 Å². The molecule has 1 amide bonds. The molecule has 2 aliphatic rings. The van der Waals surface area contributed by atoms with Crippen molar-refractivity contribution in [2.45, 2.75) is 52.1 Å². The Bertz CT molecular complexity index is 456. The summed E-state index contributed by atoms with van der Waals surface area (Å²) in [6, 6.07) is -0.139. The normalized spacial score (nSPS) is 22.5. The number of amides is 1. The van der Waals surface area contributed by atoms with Crippen molar-refractivity contribution in [3.8, 4) is 0 Å². The molecule has 0 aromatic rings. The molecule has 0 bridgehead atoms. The van der Waals surface area contributed by atoms with Crippen LogP contribution in [0, 0.1) is 11.3 Å². The van der Waals surface area contributed by atoms with Gasteiger partial charge in [0.15, 0.2) is 0 Å². The third-order valence-electron chi connectivity index (χ3n) is 4.84. The first-order valence-electron chi connectivity index (χ1n) is 7.94. The molecule has 1 unspecified atom stereocenters. The first-order valence-corrected chi connectivity index (χ1v) is 7.94. The first kappa shape index (κ1) is 17.2.